The van der Waals surface area contributed by atoms with Crippen molar-refractivity contribution in [2.45, 2.75) is 19.9 Å². The molecule has 0 heterocycles. The molecule has 0 aromatic heterocycles. The molecule has 0 bridgehead atoms. The van der Waals surface area contributed by atoms with Crippen molar-refractivity contribution in [2.75, 3.05) is 0 Å². The third-order valence-corrected chi connectivity index (χ3v) is 1.89. The van der Waals surface area contributed by atoms with E-state index < -0.39 is 17.0 Å². The minimum atomic E-state index is -0.681. The Morgan fingerprint density at radius 3 is 2.27 bits per heavy atom. The first-order chi connectivity index (χ1) is 7.04. The van der Waals surface area contributed by atoms with Gasteiger partial charge in [0.2, 0.25) is 0 Å². The molecule has 0 spiro atoms. The summed E-state index contributed by atoms with van der Waals surface area (Å²) in [6.45, 7) is 3.20. The standard InChI is InChI=1S/C10H12N2O3/c1-8(2)11(12(14)15)10(13)9-6-4-3-5-7-9/h3-8H,1-2H3. The van der Waals surface area contributed by atoms with E-state index >= 15 is 0 Å². The van der Waals surface area contributed by atoms with Crippen molar-refractivity contribution in [3.05, 3.63) is 46.0 Å². The molecule has 5 nitrogen and oxygen atoms in total. The number of rotatable bonds is 3. The van der Waals surface area contributed by atoms with Gasteiger partial charge in [-0.05, 0) is 26.0 Å². The zero-order valence-electron chi connectivity index (χ0n) is 8.58. The zero-order valence-corrected chi connectivity index (χ0v) is 8.58. The molecule has 0 saturated heterocycles. The van der Waals surface area contributed by atoms with E-state index in [0.717, 1.165) is 0 Å². The highest BCUT2D eigenvalue weighted by Crippen LogP contribution is 2.07. The average molecular weight is 208 g/mol. The van der Waals surface area contributed by atoms with Crippen LogP contribution in [-0.2, 0) is 0 Å². The molecular formula is C10H12N2O3. The highest BCUT2D eigenvalue weighted by Gasteiger charge is 2.28. The van der Waals surface area contributed by atoms with E-state index in [0.29, 0.717) is 10.6 Å². The Labute approximate surface area is 87.4 Å². The third kappa shape index (κ3) is 2.52. The Balaban J connectivity index is 2.97. The second kappa shape index (κ2) is 4.54. The molecule has 0 aliphatic rings. The minimum absolute atomic E-state index is 0.322. The molecule has 0 aliphatic carbocycles. The Hall–Kier alpha value is -1.91. The predicted molar refractivity (Wildman–Crippen MR) is 54.7 cm³/mol. The normalized spacial score (nSPS) is 10.1. The van der Waals surface area contributed by atoms with Gasteiger partial charge in [0, 0.05) is 5.56 Å². The van der Waals surface area contributed by atoms with Crippen LogP contribution < -0.4 is 0 Å². The molecule has 0 radical (unpaired) electrons. The first-order valence-corrected chi connectivity index (χ1v) is 4.57. The molecule has 15 heavy (non-hydrogen) atoms. The van der Waals surface area contributed by atoms with Crippen LogP contribution in [0.25, 0.3) is 0 Å². The average Bonchev–Trinajstić information content (AvgIpc) is 2.18. The number of benzene rings is 1. The van der Waals surface area contributed by atoms with E-state index in [1.807, 2.05) is 0 Å². The Kier molecular flexibility index (Phi) is 3.38. The highest BCUT2D eigenvalue weighted by molar-refractivity contribution is 5.93. The molecule has 1 aromatic rings. The molecule has 0 N–H and O–H groups in total. The van der Waals surface area contributed by atoms with Gasteiger partial charge in [0.1, 0.15) is 0 Å². The topological polar surface area (TPSA) is 63.5 Å². The lowest BCUT2D eigenvalue weighted by Gasteiger charge is -2.15. The number of carbonyl (C=O) groups is 1. The van der Waals surface area contributed by atoms with Gasteiger partial charge in [0.15, 0.2) is 5.03 Å². The first kappa shape index (κ1) is 11.2. The quantitative estimate of drug-likeness (QED) is 0.561. The SMILES string of the molecule is CC(C)N(C(=O)c1ccccc1)[N+](=O)[O-]. The molecular weight excluding hydrogens is 196 g/mol. The molecule has 1 amide bonds. The van der Waals surface area contributed by atoms with Crippen LogP contribution in [0, 0.1) is 10.1 Å². The third-order valence-electron chi connectivity index (χ3n) is 1.89. The van der Waals surface area contributed by atoms with Crippen LogP contribution >= 0.6 is 0 Å². The Morgan fingerprint density at radius 1 is 1.33 bits per heavy atom. The van der Waals surface area contributed by atoms with E-state index in [1.165, 1.54) is 0 Å². The highest BCUT2D eigenvalue weighted by atomic mass is 16.7. The van der Waals surface area contributed by atoms with E-state index in [2.05, 4.69) is 0 Å². The number of carbonyl (C=O) groups excluding carboxylic acids is 1. The number of nitrogens with zero attached hydrogens (tertiary/aromatic N) is 2. The van der Waals surface area contributed by atoms with E-state index in [-0.39, 0.29) is 0 Å². The van der Waals surface area contributed by atoms with Gasteiger partial charge >= 0.3 is 5.91 Å². The van der Waals surface area contributed by atoms with Gasteiger partial charge in [0.05, 0.1) is 6.04 Å². The monoisotopic (exact) mass is 208 g/mol. The summed E-state index contributed by atoms with van der Waals surface area (Å²) in [4.78, 5) is 22.4. The summed E-state index contributed by atoms with van der Waals surface area (Å²) in [5.74, 6) is -0.587. The fraction of sp³-hybridized carbons (Fsp3) is 0.300. The van der Waals surface area contributed by atoms with Crippen LogP contribution in [0.1, 0.15) is 24.2 Å². The molecule has 1 aromatic carbocycles. The largest absolute Gasteiger partial charge is 0.314 e. The van der Waals surface area contributed by atoms with E-state index in [1.54, 1.807) is 44.2 Å². The van der Waals surface area contributed by atoms with Crippen LogP contribution in [0.2, 0.25) is 0 Å². The maximum Gasteiger partial charge on any atom is 0.314 e. The second-order valence-electron chi connectivity index (χ2n) is 3.35. The van der Waals surface area contributed by atoms with E-state index in [9.17, 15) is 14.9 Å². The van der Waals surface area contributed by atoms with Crippen molar-refractivity contribution >= 4 is 5.91 Å². The van der Waals surface area contributed by atoms with Crippen LogP contribution in [-0.4, -0.2) is 22.0 Å². The van der Waals surface area contributed by atoms with Crippen molar-refractivity contribution in [1.29, 1.82) is 0 Å². The summed E-state index contributed by atoms with van der Waals surface area (Å²) < 4.78 is 0. The summed E-state index contributed by atoms with van der Waals surface area (Å²) in [7, 11) is 0. The van der Waals surface area contributed by atoms with Crippen LogP contribution in [0.4, 0.5) is 0 Å². The Bertz CT molecular complexity index is 362. The van der Waals surface area contributed by atoms with Crippen molar-refractivity contribution in [1.82, 2.24) is 5.01 Å². The molecule has 0 atom stereocenters. The second-order valence-corrected chi connectivity index (χ2v) is 3.35. The predicted octanol–water partition coefficient (Wildman–Crippen LogP) is 1.73. The number of hydrogen-bond donors (Lipinski definition) is 0. The molecule has 0 aliphatic heterocycles. The Morgan fingerprint density at radius 2 is 1.87 bits per heavy atom. The smallest absolute Gasteiger partial charge is 0.263 e. The summed E-state index contributed by atoms with van der Waals surface area (Å²) >= 11 is 0. The summed E-state index contributed by atoms with van der Waals surface area (Å²) in [6.07, 6.45) is 0. The lowest BCUT2D eigenvalue weighted by Crippen LogP contribution is -2.41. The summed E-state index contributed by atoms with van der Waals surface area (Å²) in [6, 6.07) is 7.75. The maximum absolute atomic E-state index is 11.7. The minimum Gasteiger partial charge on any atom is -0.263 e. The lowest BCUT2D eigenvalue weighted by atomic mass is 10.2. The molecule has 0 saturated carbocycles. The summed E-state index contributed by atoms with van der Waals surface area (Å²) in [5, 5.41) is 10.6. The van der Waals surface area contributed by atoms with Crippen LogP contribution in [0.3, 0.4) is 0 Å². The fourth-order valence-corrected chi connectivity index (χ4v) is 1.21. The van der Waals surface area contributed by atoms with Gasteiger partial charge in [0.25, 0.3) is 0 Å². The van der Waals surface area contributed by atoms with Crippen molar-refractivity contribution in [2.24, 2.45) is 0 Å². The first-order valence-electron chi connectivity index (χ1n) is 4.57. The number of nitro groups is 1. The van der Waals surface area contributed by atoms with Crippen molar-refractivity contribution in [3.8, 4) is 0 Å². The number of amides is 1. The lowest BCUT2D eigenvalue weighted by molar-refractivity contribution is -0.639. The van der Waals surface area contributed by atoms with Gasteiger partial charge < -0.3 is 0 Å². The van der Waals surface area contributed by atoms with Crippen molar-refractivity contribution in [3.63, 3.8) is 0 Å². The number of hydrazine groups is 1. The van der Waals surface area contributed by atoms with Gasteiger partial charge in [-0.1, -0.05) is 23.2 Å². The van der Waals surface area contributed by atoms with Gasteiger partial charge in [-0.3, -0.25) is 4.79 Å². The van der Waals surface area contributed by atoms with Crippen LogP contribution in [0.5, 0.6) is 0 Å². The van der Waals surface area contributed by atoms with Crippen LogP contribution in [0.15, 0.2) is 30.3 Å². The molecule has 0 fully saturated rings. The van der Waals surface area contributed by atoms with Gasteiger partial charge in [-0.15, -0.1) is 0 Å². The zero-order chi connectivity index (χ0) is 11.4. The van der Waals surface area contributed by atoms with Gasteiger partial charge in [-0.2, -0.15) is 0 Å². The maximum atomic E-state index is 11.7. The van der Waals surface area contributed by atoms with E-state index in [4.69, 9.17) is 0 Å². The fourth-order valence-electron chi connectivity index (χ4n) is 1.21. The summed E-state index contributed by atoms with van der Waals surface area (Å²) in [5.41, 5.74) is 0.322. The van der Waals surface area contributed by atoms with Gasteiger partial charge in [-0.25, -0.2) is 10.1 Å². The molecule has 80 valence electrons. The molecule has 0 unspecified atom stereocenters. The number of hydrogen-bond acceptors (Lipinski definition) is 3. The van der Waals surface area contributed by atoms with Crippen molar-refractivity contribution < 1.29 is 9.83 Å². The molecule has 1 rings (SSSR count). The molecule has 5 heteroatoms.